The lowest BCUT2D eigenvalue weighted by Gasteiger charge is -2.15. The van der Waals surface area contributed by atoms with E-state index < -0.39 is 10.9 Å². The molecule has 8 nitrogen and oxygen atoms in total. The summed E-state index contributed by atoms with van der Waals surface area (Å²) in [6.07, 6.45) is 0. The topological polar surface area (TPSA) is 113 Å². The first-order valence-electron chi connectivity index (χ1n) is 5.74. The molecule has 106 valence electrons. The van der Waals surface area contributed by atoms with E-state index in [0.29, 0.717) is 11.4 Å². The molecule has 0 amide bonds. The summed E-state index contributed by atoms with van der Waals surface area (Å²) in [4.78, 5) is 31.8. The molecule has 0 unspecified atom stereocenters. The molecule has 2 aromatic rings. The van der Waals surface area contributed by atoms with Gasteiger partial charge in [-0.2, -0.15) is 5.01 Å². The molecule has 21 heavy (non-hydrogen) atoms. The molecule has 0 aliphatic rings. The van der Waals surface area contributed by atoms with Gasteiger partial charge in [-0.3, -0.25) is 10.1 Å². The Labute approximate surface area is 118 Å². The second-order valence-electron chi connectivity index (χ2n) is 4.02. The molecule has 2 aromatic carbocycles. The van der Waals surface area contributed by atoms with Gasteiger partial charge >= 0.3 is 5.97 Å². The first kappa shape index (κ1) is 14.1. The van der Waals surface area contributed by atoms with Crippen molar-refractivity contribution < 1.29 is 14.8 Å². The number of hydrogen-bond donors (Lipinski definition) is 1. The number of carbonyl (C=O) groups is 1. The Kier molecular flexibility index (Phi) is 3.89. The predicted octanol–water partition coefficient (Wildman–Crippen LogP) is 3.11. The highest BCUT2D eigenvalue weighted by Gasteiger charge is 2.13. The molecule has 8 heteroatoms. The number of nitroso groups, excluding NO2 is 1. The van der Waals surface area contributed by atoms with Gasteiger partial charge in [0.15, 0.2) is 0 Å². The van der Waals surface area contributed by atoms with Crippen molar-refractivity contribution in [1.29, 1.82) is 0 Å². The van der Waals surface area contributed by atoms with Gasteiger partial charge in [-0.1, -0.05) is 0 Å². The van der Waals surface area contributed by atoms with E-state index >= 15 is 0 Å². The fourth-order valence-electron chi connectivity index (χ4n) is 1.70. The van der Waals surface area contributed by atoms with E-state index in [9.17, 15) is 19.8 Å². The molecule has 0 saturated carbocycles. The molecule has 1 N–H and O–H groups in total. The lowest BCUT2D eigenvalue weighted by atomic mass is 10.2. The minimum Gasteiger partial charge on any atom is -0.478 e. The maximum atomic E-state index is 11.0. The van der Waals surface area contributed by atoms with Crippen LogP contribution in [0.25, 0.3) is 0 Å². The number of nitro benzene ring substituents is 1. The number of rotatable bonds is 5. The molecule has 0 aliphatic heterocycles. The number of benzene rings is 2. The first-order chi connectivity index (χ1) is 10.0. The fraction of sp³-hybridized carbons (Fsp3) is 0. The van der Waals surface area contributed by atoms with Gasteiger partial charge in [-0.15, -0.1) is 4.91 Å². The van der Waals surface area contributed by atoms with Crippen LogP contribution < -0.4 is 5.01 Å². The Morgan fingerprint density at radius 2 is 1.52 bits per heavy atom. The number of nitro groups is 1. The van der Waals surface area contributed by atoms with E-state index in [-0.39, 0.29) is 11.3 Å². The first-order valence-corrected chi connectivity index (χ1v) is 5.74. The van der Waals surface area contributed by atoms with E-state index in [1.54, 1.807) is 0 Å². The standard InChI is InChI=1S/C13H9N3O5/c17-13(18)9-1-3-10(4-2-9)15(14-19)11-5-7-12(8-6-11)16(20)21/h1-8H,(H,17,18). The zero-order valence-electron chi connectivity index (χ0n) is 10.5. The highest BCUT2D eigenvalue weighted by atomic mass is 16.6. The van der Waals surface area contributed by atoms with Crippen molar-refractivity contribution in [3.63, 3.8) is 0 Å². The molecule has 0 atom stereocenters. The number of anilines is 2. The average Bonchev–Trinajstić information content (AvgIpc) is 2.49. The van der Waals surface area contributed by atoms with Crippen LogP contribution in [-0.4, -0.2) is 16.0 Å². The number of carboxylic acids is 1. The highest BCUT2D eigenvalue weighted by Crippen LogP contribution is 2.27. The molecule has 0 radical (unpaired) electrons. The van der Waals surface area contributed by atoms with Gasteiger partial charge in [-0.05, 0) is 36.4 Å². The van der Waals surface area contributed by atoms with Gasteiger partial charge in [0.2, 0.25) is 0 Å². The van der Waals surface area contributed by atoms with E-state index in [4.69, 9.17) is 5.11 Å². The van der Waals surface area contributed by atoms with Crippen molar-refractivity contribution in [3.8, 4) is 0 Å². The maximum absolute atomic E-state index is 11.0. The number of nitrogens with zero attached hydrogens (tertiary/aromatic N) is 3. The van der Waals surface area contributed by atoms with Gasteiger partial charge in [-0.25, -0.2) is 4.79 Å². The van der Waals surface area contributed by atoms with E-state index in [1.807, 2.05) is 0 Å². The minimum absolute atomic E-state index is 0.0771. The Hall–Kier alpha value is -3.29. The van der Waals surface area contributed by atoms with Crippen LogP contribution in [0.5, 0.6) is 0 Å². The van der Waals surface area contributed by atoms with Crippen molar-refractivity contribution in [3.05, 3.63) is 69.1 Å². The predicted molar refractivity (Wildman–Crippen MR) is 74.4 cm³/mol. The highest BCUT2D eigenvalue weighted by molar-refractivity contribution is 5.88. The van der Waals surface area contributed by atoms with Crippen LogP contribution in [-0.2, 0) is 0 Å². The van der Waals surface area contributed by atoms with Crippen LogP contribution in [0.4, 0.5) is 17.1 Å². The maximum Gasteiger partial charge on any atom is 0.335 e. The van der Waals surface area contributed by atoms with Crippen LogP contribution in [0.3, 0.4) is 0 Å². The summed E-state index contributed by atoms with van der Waals surface area (Å²) in [5.74, 6) is -1.08. The lowest BCUT2D eigenvalue weighted by Crippen LogP contribution is -2.08. The van der Waals surface area contributed by atoms with Gasteiger partial charge in [0.1, 0.15) is 0 Å². The molecular formula is C13H9N3O5. The molecule has 0 bridgehead atoms. The quantitative estimate of drug-likeness (QED) is 0.513. The molecule has 0 aliphatic carbocycles. The van der Waals surface area contributed by atoms with Crippen LogP contribution >= 0.6 is 0 Å². The molecule has 0 spiro atoms. The zero-order chi connectivity index (χ0) is 15.4. The number of carboxylic acid groups (broad SMARTS) is 1. The largest absolute Gasteiger partial charge is 0.478 e. The summed E-state index contributed by atoms with van der Waals surface area (Å²) >= 11 is 0. The van der Waals surface area contributed by atoms with E-state index in [2.05, 4.69) is 5.29 Å². The Balaban J connectivity index is 2.32. The minimum atomic E-state index is -1.08. The molecular weight excluding hydrogens is 278 g/mol. The third-order valence-corrected chi connectivity index (χ3v) is 2.75. The van der Waals surface area contributed by atoms with Crippen molar-refractivity contribution in [2.45, 2.75) is 0 Å². The monoisotopic (exact) mass is 287 g/mol. The molecule has 2 rings (SSSR count). The second-order valence-corrected chi connectivity index (χ2v) is 4.02. The summed E-state index contributed by atoms with van der Waals surface area (Å²) in [7, 11) is 0. The van der Waals surface area contributed by atoms with Crippen LogP contribution in [0.1, 0.15) is 10.4 Å². The fourth-order valence-corrected chi connectivity index (χ4v) is 1.70. The van der Waals surface area contributed by atoms with Crippen LogP contribution in [0.2, 0.25) is 0 Å². The lowest BCUT2D eigenvalue weighted by molar-refractivity contribution is -0.384. The number of hydrogen-bond acceptors (Lipinski definition) is 5. The van der Waals surface area contributed by atoms with E-state index in [1.165, 1.54) is 48.5 Å². The van der Waals surface area contributed by atoms with Gasteiger partial charge < -0.3 is 5.11 Å². The van der Waals surface area contributed by atoms with Gasteiger partial charge in [0.05, 0.1) is 27.1 Å². The van der Waals surface area contributed by atoms with Gasteiger partial charge in [0.25, 0.3) is 5.69 Å². The van der Waals surface area contributed by atoms with Gasteiger partial charge in [0, 0.05) is 12.1 Å². The van der Waals surface area contributed by atoms with Crippen molar-refractivity contribution >= 4 is 23.0 Å². The summed E-state index contributed by atoms with van der Waals surface area (Å²) in [5, 5.41) is 23.2. The summed E-state index contributed by atoms with van der Waals surface area (Å²) < 4.78 is 0. The third-order valence-electron chi connectivity index (χ3n) is 2.75. The van der Waals surface area contributed by atoms with Crippen molar-refractivity contribution in [1.82, 2.24) is 0 Å². The van der Waals surface area contributed by atoms with Crippen molar-refractivity contribution in [2.24, 2.45) is 5.29 Å². The van der Waals surface area contributed by atoms with Crippen LogP contribution in [0, 0.1) is 15.0 Å². The Bertz CT molecular complexity index is 624. The second kappa shape index (κ2) is 5.78. The molecule has 0 saturated heterocycles. The van der Waals surface area contributed by atoms with Crippen LogP contribution in [0.15, 0.2) is 53.8 Å². The summed E-state index contributed by atoms with van der Waals surface area (Å²) in [6, 6.07) is 10.8. The molecule has 0 fully saturated rings. The summed E-state index contributed by atoms with van der Waals surface area (Å²) in [6.45, 7) is 0. The molecule has 0 aromatic heterocycles. The smallest absolute Gasteiger partial charge is 0.335 e. The average molecular weight is 287 g/mol. The van der Waals surface area contributed by atoms with Crippen molar-refractivity contribution in [2.75, 3.05) is 5.01 Å². The Morgan fingerprint density at radius 1 is 1.05 bits per heavy atom. The number of aromatic carboxylic acids is 1. The van der Waals surface area contributed by atoms with E-state index in [0.717, 1.165) is 5.01 Å². The Morgan fingerprint density at radius 3 is 1.90 bits per heavy atom. The molecule has 0 heterocycles. The SMILES string of the molecule is O=NN(c1ccc(C(=O)O)cc1)c1ccc([N+](=O)[O-])cc1. The summed E-state index contributed by atoms with van der Waals surface area (Å²) in [5.41, 5.74) is 0.654. The number of non-ortho nitro benzene ring substituents is 1. The normalized spacial score (nSPS) is 9.90. The third kappa shape index (κ3) is 3.00. The zero-order valence-corrected chi connectivity index (χ0v) is 10.5.